The van der Waals surface area contributed by atoms with Crippen molar-refractivity contribution < 1.29 is 0 Å². The van der Waals surface area contributed by atoms with Crippen LogP contribution in [0.5, 0.6) is 0 Å². The first-order valence-electron chi connectivity index (χ1n) is 6.13. The number of benzene rings is 1. The van der Waals surface area contributed by atoms with Crippen molar-refractivity contribution in [3.8, 4) is 6.07 Å². The van der Waals surface area contributed by atoms with E-state index >= 15 is 0 Å². The summed E-state index contributed by atoms with van der Waals surface area (Å²) >= 11 is 5.94. The lowest BCUT2D eigenvalue weighted by atomic mass is 10.2. The molecule has 0 spiro atoms. The molecular weight excluding hydrogens is 292 g/mol. The molecule has 0 radical (unpaired) electrons. The van der Waals surface area contributed by atoms with Crippen LogP contribution in [0.4, 0.5) is 5.69 Å². The lowest BCUT2D eigenvalue weighted by Crippen LogP contribution is -2.38. The Labute approximate surface area is 125 Å². The molecule has 0 saturated heterocycles. The second-order valence-corrected chi connectivity index (χ2v) is 4.94. The summed E-state index contributed by atoms with van der Waals surface area (Å²) in [6, 6.07) is 8.32. The largest absolute Gasteiger partial charge is 0.379 e. The monoisotopic (exact) mass is 304 g/mol. The van der Waals surface area contributed by atoms with Gasteiger partial charge in [-0.2, -0.15) is 5.26 Å². The lowest BCUT2D eigenvalue weighted by molar-refractivity contribution is 0.655. The van der Waals surface area contributed by atoms with Crippen LogP contribution in [0.3, 0.4) is 0 Å². The Morgan fingerprint density at radius 2 is 1.95 bits per heavy atom. The number of rotatable bonds is 3. The highest BCUT2D eigenvalue weighted by Crippen LogP contribution is 2.20. The van der Waals surface area contributed by atoms with E-state index in [0.29, 0.717) is 28.5 Å². The quantitative estimate of drug-likeness (QED) is 0.924. The van der Waals surface area contributed by atoms with Crippen molar-refractivity contribution in [2.45, 2.75) is 6.54 Å². The maximum atomic E-state index is 11.8. The fraction of sp³-hybridized carbons (Fsp3) is 0.214. The molecule has 108 valence electrons. The van der Waals surface area contributed by atoms with E-state index in [2.05, 4.69) is 5.32 Å². The van der Waals surface area contributed by atoms with Crippen LogP contribution in [-0.4, -0.2) is 9.13 Å². The highest BCUT2D eigenvalue weighted by Gasteiger charge is 2.06. The van der Waals surface area contributed by atoms with Crippen molar-refractivity contribution in [3.63, 3.8) is 0 Å². The molecule has 0 aliphatic rings. The molecule has 0 amide bonds. The van der Waals surface area contributed by atoms with Gasteiger partial charge in [0.25, 0.3) is 5.56 Å². The fourth-order valence-corrected chi connectivity index (χ4v) is 2.08. The van der Waals surface area contributed by atoms with Gasteiger partial charge in [0.15, 0.2) is 0 Å². The van der Waals surface area contributed by atoms with Crippen LogP contribution in [0, 0.1) is 11.3 Å². The van der Waals surface area contributed by atoms with Gasteiger partial charge in [-0.3, -0.25) is 13.9 Å². The summed E-state index contributed by atoms with van der Waals surface area (Å²) in [7, 11) is 3.03. The van der Waals surface area contributed by atoms with Gasteiger partial charge in [0.1, 0.15) is 6.07 Å². The number of hydrogen-bond donors (Lipinski definition) is 1. The van der Waals surface area contributed by atoms with Gasteiger partial charge in [0.05, 0.1) is 17.1 Å². The van der Waals surface area contributed by atoms with Gasteiger partial charge in [-0.05, 0) is 18.2 Å². The number of nitrogens with one attached hydrogen (secondary N) is 1. The van der Waals surface area contributed by atoms with Crippen molar-refractivity contribution >= 4 is 17.3 Å². The highest BCUT2D eigenvalue weighted by molar-refractivity contribution is 6.32. The first kappa shape index (κ1) is 14.9. The molecule has 2 rings (SSSR count). The summed E-state index contributed by atoms with van der Waals surface area (Å²) in [6.07, 6.45) is 0. The molecule has 7 heteroatoms. The molecule has 2 aromatic rings. The number of halogens is 1. The molecular formula is C14H13ClN4O2. The van der Waals surface area contributed by atoms with Crippen LogP contribution in [-0.2, 0) is 20.6 Å². The number of nitriles is 1. The second-order valence-electron chi connectivity index (χ2n) is 4.53. The van der Waals surface area contributed by atoms with Crippen molar-refractivity contribution in [1.82, 2.24) is 9.13 Å². The topological polar surface area (TPSA) is 79.8 Å². The van der Waals surface area contributed by atoms with Gasteiger partial charge in [-0.15, -0.1) is 0 Å². The molecule has 0 saturated carbocycles. The van der Waals surface area contributed by atoms with Gasteiger partial charge < -0.3 is 5.32 Å². The van der Waals surface area contributed by atoms with Gasteiger partial charge in [-0.1, -0.05) is 11.6 Å². The molecule has 6 nitrogen and oxygen atoms in total. The minimum Gasteiger partial charge on any atom is -0.379 e. The van der Waals surface area contributed by atoms with E-state index in [1.807, 2.05) is 6.07 Å². The van der Waals surface area contributed by atoms with Crippen molar-refractivity contribution in [2.24, 2.45) is 14.1 Å². The molecule has 1 heterocycles. The van der Waals surface area contributed by atoms with E-state index in [0.717, 1.165) is 4.57 Å². The Hall–Kier alpha value is -2.52. The molecule has 21 heavy (non-hydrogen) atoms. The van der Waals surface area contributed by atoms with Gasteiger partial charge in [-0.25, -0.2) is 4.79 Å². The third-order valence-electron chi connectivity index (χ3n) is 3.19. The molecule has 1 N–H and O–H groups in total. The molecule has 0 unspecified atom stereocenters. The molecule has 1 aromatic carbocycles. The summed E-state index contributed by atoms with van der Waals surface area (Å²) in [5.74, 6) is 0. The Morgan fingerprint density at radius 1 is 1.24 bits per heavy atom. The van der Waals surface area contributed by atoms with Crippen LogP contribution in [0.1, 0.15) is 11.3 Å². The Balaban J connectivity index is 2.25. The van der Waals surface area contributed by atoms with E-state index in [-0.39, 0.29) is 11.2 Å². The number of nitrogens with zero attached hydrogens (tertiary/aromatic N) is 3. The number of anilines is 1. The Morgan fingerprint density at radius 3 is 2.57 bits per heavy atom. The van der Waals surface area contributed by atoms with Crippen molar-refractivity contribution in [3.05, 3.63) is 61.4 Å². The Kier molecular flexibility index (Phi) is 4.15. The van der Waals surface area contributed by atoms with Crippen LogP contribution in [0.2, 0.25) is 5.02 Å². The van der Waals surface area contributed by atoms with Gasteiger partial charge in [0.2, 0.25) is 0 Å². The standard InChI is InChI=1S/C14H13ClN4O2/c1-18-11(6-13(20)19(2)14(18)21)8-17-10-4-3-9(7-16)12(15)5-10/h3-6,17H,8H2,1-2H3. The maximum absolute atomic E-state index is 11.8. The summed E-state index contributed by atoms with van der Waals surface area (Å²) in [4.78, 5) is 23.4. The van der Waals surface area contributed by atoms with Gasteiger partial charge >= 0.3 is 5.69 Å². The zero-order valence-corrected chi connectivity index (χ0v) is 12.3. The normalized spacial score (nSPS) is 10.2. The lowest BCUT2D eigenvalue weighted by Gasteiger charge is -2.11. The molecule has 0 aliphatic heterocycles. The predicted molar refractivity (Wildman–Crippen MR) is 80.4 cm³/mol. The van der Waals surface area contributed by atoms with Crippen molar-refractivity contribution in [1.29, 1.82) is 5.26 Å². The van der Waals surface area contributed by atoms with E-state index in [9.17, 15) is 9.59 Å². The molecule has 0 aliphatic carbocycles. The summed E-state index contributed by atoms with van der Waals surface area (Å²) in [5, 5.41) is 12.2. The highest BCUT2D eigenvalue weighted by atomic mass is 35.5. The van der Waals surface area contributed by atoms with Crippen LogP contribution in [0.15, 0.2) is 33.9 Å². The van der Waals surface area contributed by atoms with Crippen molar-refractivity contribution in [2.75, 3.05) is 5.32 Å². The van der Waals surface area contributed by atoms with E-state index in [4.69, 9.17) is 16.9 Å². The first-order chi connectivity index (χ1) is 9.93. The van der Waals surface area contributed by atoms with Gasteiger partial charge in [0, 0.05) is 31.5 Å². The SMILES string of the molecule is Cn1c(CNc2ccc(C#N)c(Cl)c2)cc(=O)n(C)c1=O. The van der Waals surface area contributed by atoms with E-state index in [1.165, 1.54) is 17.7 Å². The smallest absolute Gasteiger partial charge is 0.330 e. The predicted octanol–water partition coefficient (Wildman–Crippen LogP) is 1.22. The second kappa shape index (κ2) is 5.85. The van der Waals surface area contributed by atoms with Crippen LogP contribution >= 0.6 is 11.6 Å². The molecule has 0 bridgehead atoms. The zero-order valence-electron chi connectivity index (χ0n) is 11.6. The maximum Gasteiger partial charge on any atom is 0.330 e. The average molecular weight is 305 g/mol. The summed E-state index contributed by atoms with van der Waals surface area (Å²) in [5.41, 5.74) is 0.920. The van der Waals surface area contributed by atoms with E-state index < -0.39 is 0 Å². The minimum absolute atomic E-state index is 0.296. The fourth-order valence-electron chi connectivity index (χ4n) is 1.86. The van der Waals surface area contributed by atoms with Crippen LogP contribution in [0.25, 0.3) is 0 Å². The number of aromatic nitrogens is 2. The Bertz CT molecular complexity index is 846. The third-order valence-corrected chi connectivity index (χ3v) is 3.50. The summed E-state index contributed by atoms with van der Waals surface area (Å²) < 4.78 is 2.45. The molecule has 0 fully saturated rings. The third kappa shape index (κ3) is 2.98. The average Bonchev–Trinajstić information content (AvgIpc) is 2.47. The first-order valence-corrected chi connectivity index (χ1v) is 6.51. The summed E-state index contributed by atoms with van der Waals surface area (Å²) in [6.45, 7) is 0.296. The molecule has 0 atom stereocenters. The zero-order chi connectivity index (χ0) is 15.6. The number of hydrogen-bond acceptors (Lipinski definition) is 4. The minimum atomic E-state index is -0.378. The molecule has 1 aromatic heterocycles. The van der Waals surface area contributed by atoms with E-state index in [1.54, 1.807) is 25.2 Å². The van der Waals surface area contributed by atoms with Crippen LogP contribution < -0.4 is 16.6 Å².